The summed E-state index contributed by atoms with van der Waals surface area (Å²) < 4.78 is 0. The van der Waals surface area contributed by atoms with Crippen LogP contribution in [0.15, 0.2) is 18.2 Å². The van der Waals surface area contributed by atoms with Crippen LogP contribution in [-0.2, 0) is 9.59 Å². The van der Waals surface area contributed by atoms with E-state index < -0.39 is 17.3 Å². The molecular weight excluding hydrogens is 332 g/mol. The molecule has 1 aliphatic rings. The summed E-state index contributed by atoms with van der Waals surface area (Å²) in [5.41, 5.74) is -0.152. The lowest BCUT2D eigenvalue weighted by molar-refractivity contribution is -0.143. The zero-order valence-electron chi connectivity index (χ0n) is 13.7. The summed E-state index contributed by atoms with van der Waals surface area (Å²) in [5.74, 6) is -1.26. The molecule has 2 rings (SSSR count). The maximum Gasteiger partial charge on any atom is 0.311 e. The van der Waals surface area contributed by atoms with Gasteiger partial charge in [0.1, 0.15) is 0 Å². The third-order valence-corrected chi connectivity index (χ3v) is 4.31. The minimum Gasteiger partial charge on any atom is -0.481 e. The zero-order chi connectivity index (χ0) is 17.9. The Bertz CT molecular complexity index is 669. The van der Waals surface area contributed by atoms with Crippen LogP contribution in [0.2, 0.25) is 5.02 Å². The molecule has 130 valence electrons. The second-order valence-corrected chi connectivity index (χ2v) is 7.02. The molecule has 0 atom stereocenters. The largest absolute Gasteiger partial charge is 0.481 e. The highest BCUT2D eigenvalue weighted by Gasteiger charge is 2.50. The van der Waals surface area contributed by atoms with E-state index in [1.807, 2.05) is 13.8 Å². The summed E-state index contributed by atoms with van der Waals surface area (Å²) in [6.07, 6.45) is 1.49. The van der Waals surface area contributed by atoms with E-state index in [9.17, 15) is 14.4 Å². The van der Waals surface area contributed by atoms with Crippen molar-refractivity contribution < 1.29 is 19.5 Å². The quantitative estimate of drug-likeness (QED) is 0.703. The minimum absolute atomic E-state index is 0.0709. The van der Waals surface area contributed by atoms with Crippen molar-refractivity contribution in [1.29, 1.82) is 0 Å². The highest BCUT2D eigenvalue weighted by atomic mass is 35.5. The molecule has 0 radical (unpaired) electrons. The van der Waals surface area contributed by atoms with Crippen LogP contribution in [-0.4, -0.2) is 29.4 Å². The predicted molar refractivity (Wildman–Crippen MR) is 91.2 cm³/mol. The van der Waals surface area contributed by atoms with Crippen LogP contribution in [0.1, 0.15) is 43.5 Å². The van der Waals surface area contributed by atoms with Crippen molar-refractivity contribution in [3.63, 3.8) is 0 Å². The number of halogens is 1. The summed E-state index contributed by atoms with van der Waals surface area (Å²) in [5, 5.41) is 14.7. The standard InChI is InChI=1S/C17H21ClN2O4/c1-10(2)7-14(21)20-11-3-4-13(18)12(8-11)15(22)19-9-17(5-6-17)16(23)24/h3-4,8,10H,5-7,9H2,1-2H3,(H,19,22)(H,20,21)(H,23,24). The average Bonchev–Trinajstić information content (AvgIpc) is 3.27. The molecule has 6 nitrogen and oxygen atoms in total. The number of amides is 2. The second kappa shape index (κ2) is 7.21. The smallest absolute Gasteiger partial charge is 0.311 e. The van der Waals surface area contributed by atoms with E-state index in [2.05, 4.69) is 10.6 Å². The molecule has 0 spiro atoms. The van der Waals surface area contributed by atoms with Gasteiger partial charge in [0.05, 0.1) is 16.0 Å². The van der Waals surface area contributed by atoms with Crippen LogP contribution in [0.4, 0.5) is 5.69 Å². The van der Waals surface area contributed by atoms with Gasteiger partial charge in [-0.05, 0) is 37.0 Å². The van der Waals surface area contributed by atoms with Crippen molar-refractivity contribution in [3.05, 3.63) is 28.8 Å². The predicted octanol–water partition coefficient (Wildman–Crippen LogP) is 2.92. The van der Waals surface area contributed by atoms with Gasteiger partial charge in [-0.15, -0.1) is 0 Å². The molecule has 0 heterocycles. The highest BCUT2D eigenvalue weighted by Crippen LogP contribution is 2.45. The summed E-state index contributed by atoms with van der Waals surface area (Å²) in [4.78, 5) is 35.2. The fraction of sp³-hybridized carbons (Fsp3) is 0.471. The first-order chi connectivity index (χ1) is 11.2. The fourth-order valence-corrected chi connectivity index (χ4v) is 2.53. The number of benzene rings is 1. The molecule has 1 aromatic rings. The van der Waals surface area contributed by atoms with Gasteiger partial charge in [0, 0.05) is 18.7 Å². The van der Waals surface area contributed by atoms with E-state index in [0.717, 1.165) is 0 Å². The lowest BCUT2D eigenvalue weighted by Gasteiger charge is -2.13. The Balaban J connectivity index is 2.03. The number of anilines is 1. The molecule has 7 heteroatoms. The van der Waals surface area contributed by atoms with Crippen LogP contribution in [0.25, 0.3) is 0 Å². The van der Waals surface area contributed by atoms with Gasteiger partial charge in [-0.3, -0.25) is 14.4 Å². The molecule has 0 aliphatic heterocycles. The fourth-order valence-electron chi connectivity index (χ4n) is 2.32. The average molecular weight is 353 g/mol. The summed E-state index contributed by atoms with van der Waals surface area (Å²) in [6, 6.07) is 4.65. The monoisotopic (exact) mass is 352 g/mol. The Morgan fingerprint density at radius 1 is 1.29 bits per heavy atom. The Morgan fingerprint density at radius 2 is 1.96 bits per heavy atom. The molecule has 1 fully saturated rings. The number of carbonyl (C=O) groups is 3. The second-order valence-electron chi connectivity index (χ2n) is 6.61. The minimum atomic E-state index is -0.899. The highest BCUT2D eigenvalue weighted by molar-refractivity contribution is 6.34. The Hall–Kier alpha value is -2.08. The molecule has 3 N–H and O–H groups in total. The number of nitrogens with one attached hydrogen (secondary N) is 2. The van der Waals surface area contributed by atoms with Crippen LogP contribution < -0.4 is 10.6 Å². The molecular formula is C17H21ClN2O4. The summed E-state index contributed by atoms with van der Waals surface area (Å²) >= 11 is 6.05. The van der Waals surface area contributed by atoms with Gasteiger partial charge in [-0.2, -0.15) is 0 Å². The van der Waals surface area contributed by atoms with Crippen molar-refractivity contribution in [2.45, 2.75) is 33.1 Å². The number of carboxylic acids is 1. The zero-order valence-corrected chi connectivity index (χ0v) is 14.4. The lowest BCUT2D eigenvalue weighted by atomic mass is 10.1. The topological polar surface area (TPSA) is 95.5 Å². The SMILES string of the molecule is CC(C)CC(=O)Nc1ccc(Cl)c(C(=O)NCC2(C(=O)O)CC2)c1. The van der Waals surface area contributed by atoms with Gasteiger partial charge in [0.2, 0.25) is 5.91 Å². The Morgan fingerprint density at radius 3 is 2.50 bits per heavy atom. The first-order valence-corrected chi connectivity index (χ1v) is 8.22. The molecule has 0 unspecified atom stereocenters. The molecule has 1 aliphatic carbocycles. The van der Waals surface area contributed by atoms with E-state index in [-0.39, 0.29) is 29.0 Å². The lowest BCUT2D eigenvalue weighted by Crippen LogP contribution is -2.34. The van der Waals surface area contributed by atoms with E-state index >= 15 is 0 Å². The van der Waals surface area contributed by atoms with Gasteiger partial charge in [-0.1, -0.05) is 25.4 Å². The van der Waals surface area contributed by atoms with Crippen LogP contribution >= 0.6 is 11.6 Å². The van der Waals surface area contributed by atoms with Gasteiger partial charge in [0.25, 0.3) is 5.91 Å². The van der Waals surface area contributed by atoms with Gasteiger partial charge < -0.3 is 15.7 Å². The van der Waals surface area contributed by atoms with Gasteiger partial charge in [0.15, 0.2) is 0 Å². The van der Waals surface area contributed by atoms with Crippen LogP contribution in [0.3, 0.4) is 0 Å². The maximum atomic E-state index is 12.3. The first kappa shape index (κ1) is 18.3. The molecule has 2 amide bonds. The number of carbonyl (C=O) groups excluding carboxylic acids is 2. The van der Waals surface area contributed by atoms with E-state index in [4.69, 9.17) is 16.7 Å². The molecule has 24 heavy (non-hydrogen) atoms. The Kier molecular flexibility index (Phi) is 5.49. The van der Waals surface area contributed by atoms with E-state index in [1.165, 1.54) is 12.1 Å². The van der Waals surface area contributed by atoms with Crippen molar-refractivity contribution >= 4 is 35.1 Å². The molecule has 0 saturated heterocycles. The number of hydrogen-bond acceptors (Lipinski definition) is 3. The normalized spacial score (nSPS) is 15.0. The van der Waals surface area contributed by atoms with Crippen molar-refractivity contribution in [1.82, 2.24) is 5.32 Å². The van der Waals surface area contributed by atoms with Crippen molar-refractivity contribution in [3.8, 4) is 0 Å². The third-order valence-electron chi connectivity index (χ3n) is 3.98. The molecule has 0 bridgehead atoms. The van der Waals surface area contributed by atoms with Crippen LogP contribution in [0.5, 0.6) is 0 Å². The number of hydrogen-bond donors (Lipinski definition) is 3. The van der Waals surface area contributed by atoms with Crippen molar-refractivity contribution in [2.75, 3.05) is 11.9 Å². The van der Waals surface area contributed by atoms with Gasteiger partial charge in [-0.25, -0.2) is 0 Å². The third kappa shape index (κ3) is 4.47. The van der Waals surface area contributed by atoms with E-state index in [0.29, 0.717) is 24.9 Å². The summed E-state index contributed by atoms with van der Waals surface area (Å²) in [7, 11) is 0. The van der Waals surface area contributed by atoms with Crippen LogP contribution in [0, 0.1) is 11.3 Å². The number of aliphatic carboxylic acids is 1. The van der Waals surface area contributed by atoms with Crippen molar-refractivity contribution in [2.24, 2.45) is 11.3 Å². The summed E-state index contributed by atoms with van der Waals surface area (Å²) in [6.45, 7) is 3.95. The Labute approximate surface area is 145 Å². The van der Waals surface area contributed by atoms with E-state index in [1.54, 1.807) is 6.07 Å². The first-order valence-electron chi connectivity index (χ1n) is 7.84. The maximum absolute atomic E-state index is 12.3. The molecule has 1 saturated carbocycles. The van der Waals surface area contributed by atoms with Gasteiger partial charge >= 0.3 is 5.97 Å². The number of rotatable bonds is 7. The number of carboxylic acid groups (broad SMARTS) is 1. The molecule has 0 aromatic heterocycles. The molecule has 1 aromatic carbocycles.